The molecule has 3 heterocycles. The Balaban J connectivity index is 1.51. The number of hydroxylamine groups is 2. The van der Waals surface area contributed by atoms with Crippen LogP contribution in [0.5, 0.6) is 0 Å². The summed E-state index contributed by atoms with van der Waals surface area (Å²) in [6.45, 7) is 7.81. The van der Waals surface area contributed by atoms with Gasteiger partial charge in [0.15, 0.2) is 12.0 Å². The van der Waals surface area contributed by atoms with Gasteiger partial charge in [-0.2, -0.15) is 10.1 Å². The van der Waals surface area contributed by atoms with E-state index >= 15 is 0 Å². The van der Waals surface area contributed by atoms with Gasteiger partial charge in [0.05, 0.1) is 32.7 Å². The van der Waals surface area contributed by atoms with Gasteiger partial charge in [0, 0.05) is 31.7 Å². The van der Waals surface area contributed by atoms with Crippen LogP contribution in [0, 0.1) is 0 Å². The number of hydrogen-bond acceptors (Lipinski definition) is 9. The van der Waals surface area contributed by atoms with Gasteiger partial charge in [-0.1, -0.05) is 25.5 Å². The Kier molecular flexibility index (Phi) is 8.12. The molecule has 2 aliphatic rings. The van der Waals surface area contributed by atoms with Gasteiger partial charge in [0.25, 0.3) is 0 Å². The van der Waals surface area contributed by atoms with Crippen LogP contribution in [0.15, 0.2) is 35.6 Å². The highest BCUT2D eigenvalue weighted by atomic mass is 16.6. The molecule has 1 saturated heterocycles. The number of ether oxygens (including phenoxy) is 2. The molecule has 184 valence electrons. The Labute approximate surface area is 199 Å². The number of primary amides is 1. The Hall–Kier alpha value is -2.99. The smallest absolute Gasteiger partial charge is 0.320 e. The van der Waals surface area contributed by atoms with Crippen LogP contribution in [0.4, 0.5) is 5.82 Å². The molecule has 11 nitrogen and oxygen atoms in total. The fourth-order valence-electron chi connectivity index (χ4n) is 3.93. The van der Waals surface area contributed by atoms with Gasteiger partial charge >= 0.3 is 6.02 Å². The molecule has 1 atom stereocenters. The SMILES string of the molecule is CCCCOC1=Nc2c(ncn2Cc2ccc(C(N)=O)cc2)C(NCCN2CCOCC2)N1O. The van der Waals surface area contributed by atoms with E-state index in [9.17, 15) is 10.0 Å². The van der Waals surface area contributed by atoms with E-state index in [1.165, 1.54) is 0 Å². The van der Waals surface area contributed by atoms with Gasteiger partial charge in [-0.3, -0.25) is 20.2 Å². The van der Waals surface area contributed by atoms with Gasteiger partial charge in [0.2, 0.25) is 5.91 Å². The van der Waals surface area contributed by atoms with Crippen LogP contribution in [0.2, 0.25) is 0 Å². The molecule has 4 N–H and O–H groups in total. The summed E-state index contributed by atoms with van der Waals surface area (Å²) in [5.74, 6) is 0.165. The lowest BCUT2D eigenvalue weighted by Gasteiger charge is -2.32. The largest absolute Gasteiger partial charge is 0.463 e. The molecule has 0 aliphatic carbocycles. The first-order valence-corrected chi connectivity index (χ1v) is 11.7. The molecule has 1 amide bonds. The summed E-state index contributed by atoms with van der Waals surface area (Å²) in [6, 6.07) is 7.27. The van der Waals surface area contributed by atoms with Crippen LogP contribution in [0.3, 0.4) is 0 Å². The third-order valence-corrected chi connectivity index (χ3v) is 5.93. The predicted octanol–water partition coefficient (Wildman–Crippen LogP) is 1.46. The number of nitrogens with one attached hydrogen (secondary N) is 1. The Bertz CT molecular complexity index is 986. The monoisotopic (exact) mass is 471 g/mol. The average Bonchev–Trinajstić information content (AvgIpc) is 3.24. The van der Waals surface area contributed by atoms with Gasteiger partial charge in [0.1, 0.15) is 5.69 Å². The molecular weight excluding hydrogens is 438 g/mol. The van der Waals surface area contributed by atoms with E-state index in [0.717, 1.165) is 56.3 Å². The molecule has 2 aromatic rings. The summed E-state index contributed by atoms with van der Waals surface area (Å²) in [7, 11) is 0. The lowest BCUT2D eigenvalue weighted by Crippen LogP contribution is -2.46. The van der Waals surface area contributed by atoms with Crippen molar-refractivity contribution in [2.24, 2.45) is 10.7 Å². The molecule has 11 heteroatoms. The molecule has 0 radical (unpaired) electrons. The van der Waals surface area contributed by atoms with Crippen LogP contribution in [-0.4, -0.2) is 82.6 Å². The number of aliphatic imine (C=N–C) groups is 1. The van der Waals surface area contributed by atoms with Gasteiger partial charge in [-0.25, -0.2) is 4.98 Å². The van der Waals surface area contributed by atoms with E-state index in [-0.39, 0.29) is 6.02 Å². The summed E-state index contributed by atoms with van der Waals surface area (Å²) in [6.07, 6.45) is 2.96. The van der Waals surface area contributed by atoms with Crippen molar-refractivity contribution in [3.63, 3.8) is 0 Å². The minimum atomic E-state index is -0.580. The number of fused-ring (bicyclic) bond motifs is 1. The number of benzene rings is 1. The third-order valence-electron chi connectivity index (χ3n) is 5.93. The van der Waals surface area contributed by atoms with Gasteiger partial charge < -0.3 is 19.8 Å². The molecule has 0 spiro atoms. The van der Waals surface area contributed by atoms with E-state index in [1.807, 2.05) is 16.7 Å². The van der Waals surface area contributed by atoms with Crippen LogP contribution in [-0.2, 0) is 16.0 Å². The average molecular weight is 472 g/mol. The zero-order valence-electron chi connectivity index (χ0n) is 19.5. The Morgan fingerprint density at radius 1 is 1.29 bits per heavy atom. The van der Waals surface area contributed by atoms with Crippen molar-refractivity contribution < 1.29 is 19.5 Å². The second kappa shape index (κ2) is 11.4. The Morgan fingerprint density at radius 3 is 2.76 bits per heavy atom. The van der Waals surface area contributed by atoms with Crippen molar-refractivity contribution in [3.8, 4) is 0 Å². The minimum absolute atomic E-state index is 0.149. The number of carbonyl (C=O) groups is 1. The normalized spacial score (nSPS) is 18.5. The zero-order chi connectivity index (χ0) is 23.9. The second-order valence-electron chi connectivity index (χ2n) is 8.39. The first kappa shape index (κ1) is 24.1. The lowest BCUT2D eigenvalue weighted by atomic mass is 10.1. The van der Waals surface area contributed by atoms with Crippen LogP contribution in [0.25, 0.3) is 0 Å². The number of nitrogens with zero attached hydrogens (tertiary/aromatic N) is 5. The van der Waals surface area contributed by atoms with Crippen molar-refractivity contribution in [1.82, 2.24) is 24.8 Å². The van der Waals surface area contributed by atoms with E-state index in [0.29, 0.717) is 36.8 Å². The fourth-order valence-corrected chi connectivity index (χ4v) is 3.93. The van der Waals surface area contributed by atoms with E-state index in [2.05, 4.69) is 27.1 Å². The molecule has 1 aromatic carbocycles. The summed E-state index contributed by atoms with van der Waals surface area (Å²) >= 11 is 0. The maximum absolute atomic E-state index is 11.4. The van der Waals surface area contributed by atoms with Crippen molar-refractivity contribution >= 4 is 17.7 Å². The van der Waals surface area contributed by atoms with Crippen LogP contribution < -0.4 is 11.1 Å². The molecule has 1 aromatic heterocycles. The molecule has 1 fully saturated rings. The number of amides is 1. The number of carbonyl (C=O) groups excluding carboxylic acids is 1. The second-order valence-corrected chi connectivity index (χ2v) is 8.39. The first-order chi connectivity index (χ1) is 16.6. The van der Waals surface area contributed by atoms with E-state index < -0.39 is 12.1 Å². The third kappa shape index (κ3) is 5.73. The molecule has 0 bridgehead atoms. The molecule has 34 heavy (non-hydrogen) atoms. The highest BCUT2D eigenvalue weighted by Crippen LogP contribution is 2.32. The molecule has 1 unspecified atom stereocenters. The maximum Gasteiger partial charge on any atom is 0.320 e. The van der Waals surface area contributed by atoms with Crippen LogP contribution >= 0.6 is 0 Å². The highest BCUT2D eigenvalue weighted by Gasteiger charge is 2.34. The Morgan fingerprint density at radius 2 is 2.06 bits per heavy atom. The number of nitrogens with two attached hydrogens (primary N) is 1. The first-order valence-electron chi connectivity index (χ1n) is 11.7. The van der Waals surface area contributed by atoms with Crippen molar-refractivity contribution in [2.45, 2.75) is 32.5 Å². The highest BCUT2D eigenvalue weighted by molar-refractivity contribution is 5.92. The number of aromatic nitrogens is 2. The summed E-state index contributed by atoms with van der Waals surface area (Å²) < 4.78 is 13.1. The van der Waals surface area contributed by atoms with Crippen molar-refractivity contribution in [3.05, 3.63) is 47.4 Å². The predicted molar refractivity (Wildman–Crippen MR) is 126 cm³/mol. The maximum atomic E-state index is 11.4. The van der Waals surface area contributed by atoms with E-state index in [1.54, 1.807) is 18.5 Å². The van der Waals surface area contributed by atoms with Crippen molar-refractivity contribution in [1.29, 1.82) is 0 Å². The quantitative estimate of drug-likeness (QED) is 0.444. The van der Waals surface area contributed by atoms with E-state index in [4.69, 9.17) is 15.2 Å². The zero-order valence-corrected chi connectivity index (χ0v) is 19.5. The standard InChI is InChI=1S/C23H33N7O4/c1-2-3-12-34-23-27-22-19(21(30(23)32)25-8-9-28-10-13-33-14-11-28)26-16-29(22)15-17-4-6-18(7-5-17)20(24)31/h4-7,16,21,25,32H,2-3,8-15H2,1H3,(H2,24,31). The number of imidazole rings is 1. The number of rotatable bonds is 10. The number of hydrogen-bond donors (Lipinski definition) is 3. The summed E-state index contributed by atoms with van der Waals surface area (Å²) in [5, 5.41) is 15.3. The summed E-state index contributed by atoms with van der Waals surface area (Å²) in [4.78, 5) is 22.8. The van der Waals surface area contributed by atoms with Gasteiger partial charge in [-0.05, 0) is 24.1 Å². The number of unbranched alkanes of at least 4 members (excludes halogenated alkanes) is 1. The number of morpholine rings is 1. The molecule has 4 rings (SSSR count). The molecule has 0 saturated carbocycles. The minimum Gasteiger partial charge on any atom is -0.463 e. The fraction of sp³-hybridized carbons (Fsp3) is 0.522. The topological polar surface area (TPSA) is 130 Å². The molecule has 2 aliphatic heterocycles. The lowest BCUT2D eigenvalue weighted by molar-refractivity contribution is -0.0924. The van der Waals surface area contributed by atoms with Crippen molar-refractivity contribution in [2.75, 3.05) is 46.0 Å². The molecular formula is C23H33N7O4. The summed E-state index contributed by atoms with van der Waals surface area (Å²) in [5.41, 5.74) is 7.40. The van der Waals surface area contributed by atoms with Gasteiger partial charge in [-0.15, -0.1) is 0 Å². The van der Waals surface area contributed by atoms with Crippen LogP contribution in [0.1, 0.15) is 47.5 Å². The number of amidine groups is 1.